The fourth-order valence-corrected chi connectivity index (χ4v) is 3.77. The Morgan fingerprint density at radius 2 is 1.79 bits per heavy atom. The number of hydrogen-bond acceptors (Lipinski definition) is 1. The normalized spacial score (nSPS) is 11.3. The number of rotatable bonds is 6. The molecule has 0 aliphatic heterocycles. The van der Waals surface area contributed by atoms with Gasteiger partial charge < -0.3 is 10.7 Å². The van der Waals surface area contributed by atoms with Gasteiger partial charge in [0, 0.05) is 21.6 Å². The van der Waals surface area contributed by atoms with Crippen LogP contribution in [-0.4, -0.2) is 11.5 Å². The molecule has 0 aliphatic carbocycles. The maximum atomic E-state index is 6.50. The standard InChI is InChI=1S/C20H22Cl2N2/c1-2-13-6-8-14(9-7-13)20-16(5-3-4-10-23)19-17(22)11-15(21)12-18(19)24-20/h6-9,11-12,24H,2-5,10,23H2,1H3. The maximum Gasteiger partial charge on any atom is 0.0517 e. The highest BCUT2D eigenvalue weighted by molar-refractivity contribution is 6.39. The minimum absolute atomic E-state index is 0.648. The summed E-state index contributed by atoms with van der Waals surface area (Å²) in [4.78, 5) is 3.53. The molecule has 0 fully saturated rings. The summed E-state index contributed by atoms with van der Waals surface area (Å²) < 4.78 is 0. The van der Waals surface area contributed by atoms with E-state index in [1.54, 1.807) is 0 Å². The van der Waals surface area contributed by atoms with Gasteiger partial charge in [0.1, 0.15) is 0 Å². The lowest BCUT2D eigenvalue weighted by Crippen LogP contribution is -1.99. The van der Waals surface area contributed by atoms with Gasteiger partial charge in [-0.1, -0.05) is 54.4 Å². The van der Waals surface area contributed by atoms with Crippen molar-refractivity contribution >= 4 is 34.1 Å². The molecule has 0 amide bonds. The molecule has 0 atom stereocenters. The van der Waals surface area contributed by atoms with Crippen LogP contribution < -0.4 is 5.73 Å². The Morgan fingerprint density at radius 1 is 1.04 bits per heavy atom. The lowest BCUT2D eigenvalue weighted by molar-refractivity contribution is 0.748. The third kappa shape index (κ3) is 3.46. The first-order chi connectivity index (χ1) is 11.6. The lowest BCUT2D eigenvalue weighted by atomic mass is 9.99. The van der Waals surface area contributed by atoms with E-state index >= 15 is 0 Å². The van der Waals surface area contributed by atoms with Crippen LogP contribution in [-0.2, 0) is 12.8 Å². The summed E-state index contributed by atoms with van der Waals surface area (Å²) in [6, 6.07) is 12.5. The summed E-state index contributed by atoms with van der Waals surface area (Å²) in [7, 11) is 0. The zero-order valence-electron chi connectivity index (χ0n) is 13.8. The SMILES string of the molecule is CCc1ccc(-c2[nH]c3cc(Cl)cc(Cl)c3c2CCCCN)cc1. The molecular weight excluding hydrogens is 339 g/mol. The van der Waals surface area contributed by atoms with Crippen LogP contribution in [0, 0.1) is 0 Å². The molecule has 1 aromatic heterocycles. The molecule has 0 bridgehead atoms. The highest BCUT2D eigenvalue weighted by Crippen LogP contribution is 2.37. The molecule has 2 nitrogen and oxygen atoms in total. The number of aromatic amines is 1. The maximum absolute atomic E-state index is 6.50. The molecular formula is C20H22Cl2N2. The molecule has 126 valence electrons. The van der Waals surface area contributed by atoms with Gasteiger partial charge in [0.05, 0.1) is 5.02 Å². The average molecular weight is 361 g/mol. The second kappa shape index (κ2) is 7.60. The average Bonchev–Trinajstić information content (AvgIpc) is 2.94. The van der Waals surface area contributed by atoms with Gasteiger partial charge in [0.2, 0.25) is 0 Å². The van der Waals surface area contributed by atoms with Crippen LogP contribution in [0.2, 0.25) is 10.0 Å². The quantitative estimate of drug-likeness (QED) is 0.521. The number of H-pyrrole nitrogens is 1. The van der Waals surface area contributed by atoms with Gasteiger partial charge in [-0.15, -0.1) is 0 Å². The Hall–Kier alpha value is -1.48. The van der Waals surface area contributed by atoms with Crippen molar-refractivity contribution in [1.82, 2.24) is 4.98 Å². The summed E-state index contributed by atoms with van der Waals surface area (Å²) in [6.45, 7) is 2.88. The summed E-state index contributed by atoms with van der Waals surface area (Å²) in [5, 5.41) is 2.43. The minimum atomic E-state index is 0.648. The van der Waals surface area contributed by atoms with E-state index in [0.29, 0.717) is 16.6 Å². The fourth-order valence-electron chi connectivity index (χ4n) is 3.16. The minimum Gasteiger partial charge on any atom is -0.354 e. The van der Waals surface area contributed by atoms with Crippen LogP contribution in [0.5, 0.6) is 0 Å². The van der Waals surface area contributed by atoms with E-state index in [1.807, 2.05) is 12.1 Å². The number of aryl methyl sites for hydroxylation is 2. The topological polar surface area (TPSA) is 41.8 Å². The molecule has 3 aromatic rings. The third-order valence-corrected chi connectivity index (χ3v) is 4.97. The zero-order chi connectivity index (χ0) is 17.1. The number of benzene rings is 2. The van der Waals surface area contributed by atoms with Crippen LogP contribution in [0.25, 0.3) is 22.2 Å². The van der Waals surface area contributed by atoms with Gasteiger partial charge in [0.15, 0.2) is 0 Å². The van der Waals surface area contributed by atoms with Crippen molar-refractivity contribution in [3.63, 3.8) is 0 Å². The number of unbranched alkanes of at least 4 members (excludes halogenated alkanes) is 1. The van der Waals surface area contributed by atoms with E-state index < -0.39 is 0 Å². The Labute approximate surface area is 153 Å². The van der Waals surface area contributed by atoms with Crippen molar-refractivity contribution in [3.05, 3.63) is 57.6 Å². The van der Waals surface area contributed by atoms with Crippen molar-refractivity contribution in [2.75, 3.05) is 6.54 Å². The second-order valence-electron chi connectivity index (χ2n) is 6.08. The van der Waals surface area contributed by atoms with Crippen LogP contribution in [0.1, 0.15) is 30.9 Å². The number of nitrogens with two attached hydrogens (primary N) is 1. The molecule has 0 aliphatic rings. The van der Waals surface area contributed by atoms with E-state index in [2.05, 4.69) is 36.2 Å². The third-order valence-electron chi connectivity index (χ3n) is 4.45. The van der Waals surface area contributed by atoms with Gasteiger partial charge >= 0.3 is 0 Å². The van der Waals surface area contributed by atoms with Crippen LogP contribution >= 0.6 is 23.2 Å². The van der Waals surface area contributed by atoms with Gasteiger partial charge in [-0.3, -0.25) is 0 Å². The van der Waals surface area contributed by atoms with Gasteiger partial charge in [0.25, 0.3) is 0 Å². The first kappa shape index (κ1) is 17.3. The van der Waals surface area contributed by atoms with Crippen LogP contribution in [0.3, 0.4) is 0 Å². The first-order valence-electron chi connectivity index (χ1n) is 8.43. The molecule has 0 saturated carbocycles. The molecule has 3 N–H and O–H groups in total. The van der Waals surface area contributed by atoms with E-state index in [4.69, 9.17) is 28.9 Å². The first-order valence-corrected chi connectivity index (χ1v) is 9.18. The molecule has 4 heteroatoms. The highest BCUT2D eigenvalue weighted by atomic mass is 35.5. The molecule has 1 heterocycles. The Kier molecular flexibility index (Phi) is 5.50. The zero-order valence-corrected chi connectivity index (χ0v) is 15.3. The molecule has 0 saturated heterocycles. The predicted molar refractivity (Wildman–Crippen MR) is 105 cm³/mol. The Balaban J connectivity index is 2.13. The Bertz CT molecular complexity index is 835. The lowest BCUT2D eigenvalue weighted by Gasteiger charge is -2.07. The highest BCUT2D eigenvalue weighted by Gasteiger charge is 2.16. The van der Waals surface area contributed by atoms with E-state index in [-0.39, 0.29) is 0 Å². The van der Waals surface area contributed by atoms with E-state index in [0.717, 1.165) is 42.3 Å². The monoisotopic (exact) mass is 360 g/mol. The molecule has 0 radical (unpaired) electrons. The summed E-state index contributed by atoms with van der Waals surface area (Å²) in [5.41, 5.74) is 11.6. The smallest absolute Gasteiger partial charge is 0.0517 e. The Morgan fingerprint density at radius 3 is 2.46 bits per heavy atom. The van der Waals surface area contributed by atoms with Crippen LogP contribution in [0.4, 0.5) is 0 Å². The van der Waals surface area contributed by atoms with E-state index in [9.17, 15) is 0 Å². The number of aromatic nitrogens is 1. The molecule has 0 unspecified atom stereocenters. The summed E-state index contributed by atoms with van der Waals surface area (Å²) in [5.74, 6) is 0. The van der Waals surface area contributed by atoms with E-state index in [1.165, 1.54) is 16.7 Å². The largest absolute Gasteiger partial charge is 0.354 e. The number of hydrogen-bond donors (Lipinski definition) is 2. The second-order valence-corrected chi connectivity index (χ2v) is 6.93. The van der Waals surface area contributed by atoms with Gasteiger partial charge in [-0.25, -0.2) is 0 Å². The van der Waals surface area contributed by atoms with Gasteiger partial charge in [-0.2, -0.15) is 0 Å². The molecule has 24 heavy (non-hydrogen) atoms. The number of fused-ring (bicyclic) bond motifs is 1. The van der Waals surface area contributed by atoms with Crippen LogP contribution in [0.15, 0.2) is 36.4 Å². The molecule has 2 aromatic carbocycles. The van der Waals surface area contributed by atoms with Crippen molar-refractivity contribution in [3.8, 4) is 11.3 Å². The number of nitrogens with one attached hydrogen (secondary N) is 1. The van der Waals surface area contributed by atoms with Gasteiger partial charge in [-0.05, 0) is 61.1 Å². The fraction of sp³-hybridized carbons (Fsp3) is 0.300. The molecule has 0 spiro atoms. The predicted octanol–water partition coefficient (Wildman–Crippen LogP) is 5.99. The van der Waals surface area contributed by atoms with Crippen molar-refractivity contribution in [2.45, 2.75) is 32.6 Å². The molecule has 3 rings (SSSR count). The van der Waals surface area contributed by atoms with Crippen molar-refractivity contribution < 1.29 is 0 Å². The summed E-state index contributed by atoms with van der Waals surface area (Å²) in [6.07, 6.45) is 4.04. The summed E-state index contributed by atoms with van der Waals surface area (Å²) >= 11 is 12.7. The van der Waals surface area contributed by atoms with Crippen molar-refractivity contribution in [2.24, 2.45) is 5.73 Å². The van der Waals surface area contributed by atoms with Crippen molar-refractivity contribution in [1.29, 1.82) is 0 Å². The number of halogens is 2.